The van der Waals surface area contributed by atoms with Crippen LogP contribution in [0.1, 0.15) is 18.4 Å². The molecule has 1 aromatic carbocycles. The second kappa shape index (κ2) is 5.96. The van der Waals surface area contributed by atoms with Gasteiger partial charge in [-0.1, -0.05) is 12.1 Å². The van der Waals surface area contributed by atoms with Crippen LogP contribution in [0.4, 0.5) is 4.39 Å². The van der Waals surface area contributed by atoms with E-state index in [-0.39, 0.29) is 24.2 Å². The normalized spacial score (nSPS) is 19.2. The maximum Gasteiger partial charge on any atom is 0.227 e. The molecule has 1 fully saturated rings. The summed E-state index contributed by atoms with van der Waals surface area (Å²) in [7, 11) is 1.90. The number of hydrogen-bond acceptors (Lipinski definition) is 2. The van der Waals surface area contributed by atoms with Gasteiger partial charge in [-0.15, -0.1) is 0 Å². The van der Waals surface area contributed by atoms with Crippen LogP contribution in [-0.4, -0.2) is 37.0 Å². The van der Waals surface area contributed by atoms with E-state index in [1.807, 2.05) is 11.9 Å². The number of hydrogen-bond donors (Lipinski definition) is 1. The molecular formula is C14H19FN2O. The zero-order valence-corrected chi connectivity index (χ0v) is 10.7. The Bertz CT molecular complexity index is 422. The molecule has 1 saturated heterocycles. The van der Waals surface area contributed by atoms with Gasteiger partial charge in [-0.25, -0.2) is 4.39 Å². The Morgan fingerprint density at radius 2 is 2.39 bits per heavy atom. The highest BCUT2D eigenvalue weighted by atomic mass is 19.1. The lowest BCUT2D eigenvalue weighted by Gasteiger charge is -2.24. The van der Waals surface area contributed by atoms with E-state index in [9.17, 15) is 9.18 Å². The van der Waals surface area contributed by atoms with Crippen molar-refractivity contribution in [3.05, 3.63) is 35.6 Å². The van der Waals surface area contributed by atoms with E-state index in [0.29, 0.717) is 0 Å². The molecular weight excluding hydrogens is 231 g/mol. The molecule has 3 nitrogen and oxygen atoms in total. The minimum atomic E-state index is -0.284. The molecule has 1 aromatic rings. The van der Waals surface area contributed by atoms with E-state index >= 15 is 0 Å². The number of amides is 1. The monoisotopic (exact) mass is 250 g/mol. The first-order valence-electron chi connectivity index (χ1n) is 6.39. The summed E-state index contributed by atoms with van der Waals surface area (Å²) >= 11 is 0. The molecule has 0 bridgehead atoms. The SMILES string of the molecule is CNC[C@H]1CCCN1C(=O)Cc1cccc(F)c1. The summed E-state index contributed by atoms with van der Waals surface area (Å²) < 4.78 is 13.1. The molecule has 0 saturated carbocycles. The minimum Gasteiger partial charge on any atom is -0.338 e. The van der Waals surface area contributed by atoms with Crippen molar-refractivity contribution in [1.82, 2.24) is 10.2 Å². The Morgan fingerprint density at radius 1 is 1.56 bits per heavy atom. The largest absolute Gasteiger partial charge is 0.338 e. The zero-order chi connectivity index (χ0) is 13.0. The number of nitrogens with zero attached hydrogens (tertiary/aromatic N) is 1. The highest BCUT2D eigenvalue weighted by Crippen LogP contribution is 2.18. The third-order valence-corrected chi connectivity index (χ3v) is 3.38. The lowest BCUT2D eigenvalue weighted by Crippen LogP contribution is -2.41. The highest BCUT2D eigenvalue weighted by Gasteiger charge is 2.27. The fourth-order valence-electron chi connectivity index (χ4n) is 2.53. The maximum atomic E-state index is 13.1. The standard InChI is InChI=1S/C14H19FN2O/c1-16-10-13-6-3-7-17(13)14(18)9-11-4-2-5-12(15)8-11/h2,4-5,8,13,16H,3,6-7,9-10H2,1H3/t13-/m1/s1. The van der Waals surface area contributed by atoms with Crippen LogP contribution in [-0.2, 0) is 11.2 Å². The first kappa shape index (κ1) is 13.0. The molecule has 0 unspecified atom stereocenters. The van der Waals surface area contributed by atoms with Crippen LogP contribution in [0.2, 0.25) is 0 Å². The van der Waals surface area contributed by atoms with Crippen LogP contribution in [0, 0.1) is 5.82 Å². The summed E-state index contributed by atoms with van der Waals surface area (Å²) in [5, 5.41) is 3.11. The quantitative estimate of drug-likeness (QED) is 0.880. The van der Waals surface area contributed by atoms with Crippen LogP contribution in [0.15, 0.2) is 24.3 Å². The Kier molecular flexibility index (Phi) is 4.31. The Balaban J connectivity index is 1.99. The average molecular weight is 250 g/mol. The summed E-state index contributed by atoms with van der Waals surface area (Å²) in [6.45, 7) is 1.65. The molecule has 0 spiro atoms. The fourth-order valence-corrected chi connectivity index (χ4v) is 2.53. The second-order valence-corrected chi connectivity index (χ2v) is 4.75. The second-order valence-electron chi connectivity index (χ2n) is 4.75. The van der Waals surface area contributed by atoms with Crippen LogP contribution >= 0.6 is 0 Å². The lowest BCUT2D eigenvalue weighted by molar-refractivity contribution is -0.131. The first-order valence-corrected chi connectivity index (χ1v) is 6.39. The van der Waals surface area contributed by atoms with E-state index < -0.39 is 0 Å². The number of rotatable bonds is 4. The van der Waals surface area contributed by atoms with Gasteiger partial charge in [0, 0.05) is 19.1 Å². The topological polar surface area (TPSA) is 32.3 Å². The first-order chi connectivity index (χ1) is 8.70. The molecule has 1 amide bonds. The summed E-state index contributed by atoms with van der Waals surface area (Å²) in [6.07, 6.45) is 2.40. The van der Waals surface area contributed by atoms with Gasteiger partial charge in [-0.05, 0) is 37.6 Å². The van der Waals surface area contributed by atoms with Crippen molar-refractivity contribution < 1.29 is 9.18 Å². The van der Waals surface area contributed by atoms with Gasteiger partial charge >= 0.3 is 0 Å². The van der Waals surface area contributed by atoms with Crippen molar-refractivity contribution in [2.24, 2.45) is 0 Å². The van der Waals surface area contributed by atoms with E-state index in [1.165, 1.54) is 12.1 Å². The molecule has 1 N–H and O–H groups in total. The number of carbonyl (C=O) groups excluding carboxylic acids is 1. The molecule has 1 aliphatic rings. The third kappa shape index (κ3) is 3.07. The molecule has 2 rings (SSSR count). The predicted octanol–water partition coefficient (Wildman–Crippen LogP) is 1.58. The minimum absolute atomic E-state index is 0.0957. The van der Waals surface area contributed by atoms with Gasteiger partial charge in [-0.3, -0.25) is 4.79 Å². The maximum absolute atomic E-state index is 13.1. The summed E-state index contributed by atoms with van der Waals surface area (Å²) in [6, 6.07) is 6.56. The van der Waals surface area contributed by atoms with E-state index in [4.69, 9.17) is 0 Å². The van der Waals surface area contributed by atoms with Crippen LogP contribution in [0.5, 0.6) is 0 Å². The zero-order valence-electron chi connectivity index (χ0n) is 10.7. The van der Waals surface area contributed by atoms with Gasteiger partial charge < -0.3 is 10.2 Å². The molecule has 4 heteroatoms. The number of likely N-dealkylation sites (N-methyl/N-ethyl adjacent to an activating group) is 1. The molecule has 1 heterocycles. The van der Waals surface area contributed by atoms with Crippen molar-refractivity contribution in [1.29, 1.82) is 0 Å². The van der Waals surface area contributed by atoms with Gasteiger partial charge in [0.05, 0.1) is 6.42 Å². The van der Waals surface area contributed by atoms with E-state index in [2.05, 4.69) is 5.32 Å². The number of likely N-dealkylation sites (tertiary alicyclic amines) is 1. The third-order valence-electron chi connectivity index (χ3n) is 3.38. The predicted molar refractivity (Wildman–Crippen MR) is 68.8 cm³/mol. The molecule has 0 radical (unpaired) electrons. The highest BCUT2D eigenvalue weighted by molar-refractivity contribution is 5.79. The van der Waals surface area contributed by atoms with Gasteiger partial charge in [0.2, 0.25) is 5.91 Å². The number of nitrogens with one attached hydrogen (secondary N) is 1. The summed E-state index contributed by atoms with van der Waals surface area (Å²) in [4.78, 5) is 14.1. The van der Waals surface area contributed by atoms with Crippen molar-refractivity contribution in [3.63, 3.8) is 0 Å². The number of benzene rings is 1. The van der Waals surface area contributed by atoms with E-state index in [1.54, 1.807) is 12.1 Å². The van der Waals surface area contributed by atoms with Gasteiger partial charge in [-0.2, -0.15) is 0 Å². The van der Waals surface area contributed by atoms with Crippen molar-refractivity contribution in [3.8, 4) is 0 Å². The van der Waals surface area contributed by atoms with Gasteiger partial charge in [0.15, 0.2) is 0 Å². The molecule has 0 aromatic heterocycles. The van der Waals surface area contributed by atoms with Gasteiger partial charge in [0.1, 0.15) is 5.82 Å². The number of halogens is 1. The van der Waals surface area contributed by atoms with Gasteiger partial charge in [0.25, 0.3) is 0 Å². The van der Waals surface area contributed by atoms with Crippen molar-refractivity contribution in [2.75, 3.05) is 20.1 Å². The smallest absolute Gasteiger partial charge is 0.227 e. The Hall–Kier alpha value is -1.42. The molecule has 18 heavy (non-hydrogen) atoms. The lowest BCUT2D eigenvalue weighted by atomic mass is 10.1. The fraction of sp³-hybridized carbons (Fsp3) is 0.500. The van der Waals surface area contributed by atoms with Crippen molar-refractivity contribution >= 4 is 5.91 Å². The molecule has 1 atom stereocenters. The summed E-state index contributed by atoms with van der Waals surface area (Å²) in [5.41, 5.74) is 0.745. The van der Waals surface area contributed by atoms with Crippen LogP contribution < -0.4 is 5.32 Å². The van der Waals surface area contributed by atoms with E-state index in [0.717, 1.165) is 31.5 Å². The van der Waals surface area contributed by atoms with Crippen LogP contribution in [0.3, 0.4) is 0 Å². The molecule has 98 valence electrons. The molecule has 1 aliphatic heterocycles. The summed E-state index contributed by atoms with van der Waals surface area (Å²) in [5.74, 6) is -0.188. The Morgan fingerprint density at radius 3 is 3.11 bits per heavy atom. The number of carbonyl (C=O) groups is 1. The van der Waals surface area contributed by atoms with Crippen LogP contribution in [0.25, 0.3) is 0 Å². The Labute approximate surface area is 107 Å². The average Bonchev–Trinajstić information content (AvgIpc) is 2.78. The molecule has 0 aliphatic carbocycles. The van der Waals surface area contributed by atoms with Crippen molar-refractivity contribution in [2.45, 2.75) is 25.3 Å².